The number of nitrogens with zero attached hydrogens (tertiary/aromatic N) is 6. The molecule has 0 bridgehead atoms. The third-order valence-electron chi connectivity index (χ3n) is 6.16. The highest BCUT2D eigenvalue weighted by molar-refractivity contribution is 6.40. The van der Waals surface area contributed by atoms with Gasteiger partial charge >= 0.3 is 11.8 Å². The molecule has 0 saturated carbocycles. The quantitative estimate of drug-likeness (QED) is 0.546. The number of fused-ring (bicyclic) bond motifs is 2. The Morgan fingerprint density at radius 1 is 1.26 bits per heavy atom. The fourth-order valence-corrected chi connectivity index (χ4v) is 4.30. The van der Waals surface area contributed by atoms with E-state index in [0.29, 0.717) is 36.3 Å². The number of likely N-dealkylation sites (N-methyl/N-ethyl adjacent to an activating group) is 2. The zero-order chi connectivity index (χ0) is 24.9. The van der Waals surface area contributed by atoms with Gasteiger partial charge in [0.25, 0.3) is 0 Å². The van der Waals surface area contributed by atoms with E-state index in [4.69, 9.17) is 0 Å². The highest BCUT2D eigenvalue weighted by Gasteiger charge is 2.26. The Bertz CT molecular complexity index is 1210. The van der Waals surface area contributed by atoms with Crippen molar-refractivity contribution in [2.24, 2.45) is 5.92 Å². The number of allylic oxidation sites excluding steroid dienone is 1. The molecule has 0 unspecified atom stereocenters. The van der Waals surface area contributed by atoms with Crippen molar-refractivity contribution in [3.8, 4) is 0 Å². The fourth-order valence-electron chi connectivity index (χ4n) is 4.30. The first-order chi connectivity index (χ1) is 16.9. The third-order valence-corrected chi connectivity index (χ3v) is 6.16. The van der Waals surface area contributed by atoms with Crippen molar-refractivity contribution >= 4 is 34.5 Å². The van der Waals surface area contributed by atoms with Gasteiger partial charge in [0.2, 0.25) is 0 Å². The SMILES string of the molecule is CCN(CC(C)C)C(=O)C(=O)Nc1cncc2cn[nH]c12.CN1CC(n2cc3c(n2)CCC=C3)C1. The summed E-state index contributed by atoms with van der Waals surface area (Å²) in [5.74, 6) is -0.900. The van der Waals surface area contributed by atoms with Gasteiger partial charge in [-0.1, -0.05) is 26.0 Å². The van der Waals surface area contributed by atoms with Gasteiger partial charge in [0.05, 0.1) is 35.3 Å². The molecule has 0 spiro atoms. The molecule has 3 aromatic rings. The summed E-state index contributed by atoms with van der Waals surface area (Å²) < 4.78 is 2.15. The molecule has 3 aromatic heterocycles. The number of aromatic amines is 1. The van der Waals surface area contributed by atoms with Crippen LogP contribution in [-0.4, -0.2) is 79.8 Å². The van der Waals surface area contributed by atoms with Crippen LogP contribution in [0.1, 0.15) is 44.5 Å². The van der Waals surface area contributed by atoms with E-state index in [1.165, 1.54) is 22.4 Å². The second-order valence-electron chi connectivity index (χ2n) is 9.54. The first-order valence-corrected chi connectivity index (χ1v) is 12.2. The van der Waals surface area contributed by atoms with Crippen molar-refractivity contribution in [3.05, 3.63) is 42.1 Å². The highest BCUT2D eigenvalue weighted by atomic mass is 16.2. The van der Waals surface area contributed by atoms with Crippen LogP contribution in [0.2, 0.25) is 0 Å². The summed E-state index contributed by atoms with van der Waals surface area (Å²) in [6.45, 7) is 9.19. The van der Waals surface area contributed by atoms with Crippen LogP contribution >= 0.6 is 0 Å². The smallest absolute Gasteiger partial charge is 0.314 e. The number of pyridine rings is 1. The predicted octanol–water partition coefficient (Wildman–Crippen LogP) is 2.73. The number of carbonyl (C=O) groups is 2. The van der Waals surface area contributed by atoms with E-state index >= 15 is 0 Å². The molecule has 2 N–H and O–H groups in total. The average Bonchev–Trinajstić information content (AvgIpc) is 3.47. The Morgan fingerprint density at radius 3 is 2.74 bits per heavy atom. The Labute approximate surface area is 205 Å². The maximum atomic E-state index is 12.2. The molecule has 5 rings (SSSR count). The van der Waals surface area contributed by atoms with Gasteiger partial charge < -0.3 is 15.1 Å². The Kier molecular flexibility index (Phi) is 7.60. The Morgan fingerprint density at radius 2 is 2.06 bits per heavy atom. The third kappa shape index (κ3) is 5.76. The molecule has 1 aliphatic carbocycles. The number of hydrogen-bond acceptors (Lipinski definition) is 6. The van der Waals surface area contributed by atoms with Gasteiger partial charge in [-0.25, -0.2) is 0 Å². The second-order valence-corrected chi connectivity index (χ2v) is 9.54. The molecule has 1 saturated heterocycles. The molecule has 0 atom stereocenters. The molecule has 0 aromatic carbocycles. The van der Waals surface area contributed by atoms with Gasteiger partial charge in [0.1, 0.15) is 0 Å². The fraction of sp³-hybridized carbons (Fsp3) is 0.480. The van der Waals surface area contributed by atoms with E-state index in [1.54, 1.807) is 12.4 Å². The topological polar surface area (TPSA) is 112 Å². The molecule has 10 nitrogen and oxygen atoms in total. The molecule has 4 heterocycles. The van der Waals surface area contributed by atoms with Gasteiger partial charge in [-0.2, -0.15) is 10.2 Å². The number of likely N-dealkylation sites (tertiary alicyclic amines) is 1. The van der Waals surface area contributed by atoms with Crippen molar-refractivity contribution in [2.75, 3.05) is 38.5 Å². The lowest BCUT2D eigenvalue weighted by Gasteiger charge is -2.36. The summed E-state index contributed by atoms with van der Waals surface area (Å²) in [7, 11) is 2.15. The van der Waals surface area contributed by atoms with Crippen LogP contribution in [0.5, 0.6) is 0 Å². The first-order valence-electron chi connectivity index (χ1n) is 12.2. The van der Waals surface area contributed by atoms with Crippen molar-refractivity contribution in [3.63, 3.8) is 0 Å². The summed E-state index contributed by atoms with van der Waals surface area (Å²) in [6.07, 6.45) is 13.6. The molecule has 35 heavy (non-hydrogen) atoms. The summed E-state index contributed by atoms with van der Waals surface area (Å²) in [5.41, 5.74) is 3.70. The molecular weight excluding hydrogens is 444 g/mol. The minimum atomic E-state index is -0.665. The number of aryl methyl sites for hydroxylation is 1. The Hall–Kier alpha value is -3.53. The van der Waals surface area contributed by atoms with Crippen LogP contribution in [0.25, 0.3) is 17.0 Å². The van der Waals surface area contributed by atoms with Gasteiger partial charge in [0.15, 0.2) is 0 Å². The van der Waals surface area contributed by atoms with Crippen LogP contribution in [0, 0.1) is 5.92 Å². The maximum absolute atomic E-state index is 12.2. The lowest BCUT2D eigenvalue weighted by molar-refractivity contribution is -0.143. The van der Waals surface area contributed by atoms with Gasteiger partial charge in [-0.15, -0.1) is 0 Å². The van der Waals surface area contributed by atoms with Crippen molar-refractivity contribution in [1.29, 1.82) is 0 Å². The number of H-pyrrole nitrogens is 1. The molecule has 2 aliphatic rings. The highest BCUT2D eigenvalue weighted by Crippen LogP contribution is 2.23. The van der Waals surface area contributed by atoms with Crippen molar-refractivity contribution in [1.82, 2.24) is 34.8 Å². The number of anilines is 1. The first kappa shape index (κ1) is 24.6. The molecular formula is C25H34N8O2. The Balaban J connectivity index is 0.000000177. The van der Waals surface area contributed by atoms with E-state index in [2.05, 4.69) is 60.6 Å². The lowest BCUT2D eigenvalue weighted by Crippen LogP contribution is -2.45. The number of carbonyl (C=O) groups excluding carboxylic acids is 2. The summed E-state index contributed by atoms with van der Waals surface area (Å²) >= 11 is 0. The average molecular weight is 479 g/mol. The molecule has 186 valence electrons. The zero-order valence-corrected chi connectivity index (χ0v) is 20.9. The molecule has 1 fully saturated rings. The van der Waals surface area contributed by atoms with Crippen molar-refractivity contribution < 1.29 is 9.59 Å². The minimum Gasteiger partial charge on any atom is -0.334 e. The van der Waals surface area contributed by atoms with Crippen molar-refractivity contribution in [2.45, 2.75) is 39.7 Å². The van der Waals surface area contributed by atoms with Gasteiger partial charge in [-0.3, -0.25) is 24.4 Å². The van der Waals surface area contributed by atoms with E-state index in [9.17, 15) is 9.59 Å². The second kappa shape index (κ2) is 10.8. The number of aromatic nitrogens is 5. The maximum Gasteiger partial charge on any atom is 0.314 e. The zero-order valence-electron chi connectivity index (χ0n) is 20.9. The number of nitrogens with one attached hydrogen (secondary N) is 2. The summed E-state index contributed by atoms with van der Waals surface area (Å²) in [4.78, 5) is 32.1. The largest absolute Gasteiger partial charge is 0.334 e. The van der Waals surface area contributed by atoms with Crippen LogP contribution in [0.15, 0.2) is 30.9 Å². The van der Waals surface area contributed by atoms with Crippen LogP contribution < -0.4 is 5.32 Å². The molecule has 1 aliphatic heterocycles. The normalized spacial score (nSPS) is 15.3. The molecule has 2 amide bonds. The van der Waals surface area contributed by atoms with Gasteiger partial charge in [0, 0.05) is 49.5 Å². The van der Waals surface area contributed by atoms with Gasteiger partial charge in [-0.05, 0) is 32.7 Å². The van der Waals surface area contributed by atoms with Crippen LogP contribution in [0.3, 0.4) is 0 Å². The number of amides is 2. The number of hydrogen-bond donors (Lipinski definition) is 2. The molecule has 10 heteroatoms. The van der Waals surface area contributed by atoms with Crippen LogP contribution in [-0.2, 0) is 16.0 Å². The van der Waals surface area contributed by atoms with E-state index in [1.807, 2.05) is 20.8 Å². The minimum absolute atomic E-state index is 0.305. The predicted molar refractivity (Wildman–Crippen MR) is 136 cm³/mol. The number of rotatable bonds is 5. The monoisotopic (exact) mass is 478 g/mol. The standard InChI is InChI=1S/C14H19N5O2.C11H15N3/c1-4-19(8-9(2)3)14(21)13(20)17-11-7-15-5-10-6-16-18-12(10)11;1-13-7-10(8-13)14-6-9-4-2-3-5-11(9)12-14/h5-7,9H,4,8H2,1-3H3,(H,16,18)(H,17,20);2,4,6,10H,3,5,7-8H2,1H3. The summed E-state index contributed by atoms with van der Waals surface area (Å²) in [5, 5.41) is 14.7. The van der Waals surface area contributed by atoms with E-state index in [-0.39, 0.29) is 0 Å². The summed E-state index contributed by atoms with van der Waals surface area (Å²) in [6, 6.07) is 0.610. The van der Waals surface area contributed by atoms with Crippen LogP contribution in [0.4, 0.5) is 5.69 Å². The lowest BCUT2D eigenvalue weighted by atomic mass is 10.1. The van der Waals surface area contributed by atoms with E-state index < -0.39 is 11.8 Å². The molecule has 0 radical (unpaired) electrons. The van der Waals surface area contributed by atoms with E-state index in [0.717, 1.165) is 31.3 Å².